The molecule has 1 amide bonds. The number of carbonyl (C=O) groups excluding carboxylic acids is 1. The second kappa shape index (κ2) is 11.7. The Bertz CT molecular complexity index is 1440. The fraction of sp³-hybridized carbons (Fsp3) is 0.269. The van der Waals surface area contributed by atoms with Crippen molar-refractivity contribution in [2.45, 2.75) is 29.2 Å². The first-order chi connectivity index (χ1) is 17.5. The number of sulfone groups is 1. The van der Waals surface area contributed by atoms with Gasteiger partial charge in [-0.3, -0.25) is 9.10 Å². The number of hydrogen-bond donors (Lipinski definition) is 1. The molecule has 3 aromatic rings. The van der Waals surface area contributed by atoms with Gasteiger partial charge in [0, 0.05) is 12.3 Å². The van der Waals surface area contributed by atoms with Crippen molar-refractivity contribution in [2.24, 2.45) is 0 Å². The maximum Gasteiger partial charge on any atom is 0.264 e. The maximum absolute atomic E-state index is 13.7. The predicted octanol–water partition coefficient (Wildman–Crippen LogP) is 3.57. The number of nitrogens with one attached hydrogen (secondary N) is 1. The Morgan fingerprint density at radius 2 is 1.54 bits per heavy atom. The molecule has 1 N–H and O–H groups in total. The van der Waals surface area contributed by atoms with Gasteiger partial charge in [0.05, 0.1) is 35.7 Å². The fourth-order valence-electron chi connectivity index (χ4n) is 3.75. The number of methoxy groups -OCH3 is 2. The highest BCUT2D eigenvalue weighted by Gasteiger charge is 2.30. The zero-order chi connectivity index (χ0) is 27.2. The summed E-state index contributed by atoms with van der Waals surface area (Å²) >= 11 is 0. The number of sulfonamides is 1. The van der Waals surface area contributed by atoms with E-state index in [1.807, 2.05) is 6.92 Å². The molecule has 9 nitrogen and oxygen atoms in total. The lowest BCUT2D eigenvalue weighted by Crippen LogP contribution is -2.42. The summed E-state index contributed by atoms with van der Waals surface area (Å²) in [6.45, 7) is 1.33. The van der Waals surface area contributed by atoms with Crippen LogP contribution in [0.2, 0.25) is 0 Å². The molecule has 0 saturated carbocycles. The summed E-state index contributed by atoms with van der Waals surface area (Å²) in [5.74, 6) is 0.0850. The molecular weight excluding hydrogens is 516 g/mol. The molecule has 3 rings (SSSR count). The Morgan fingerprint density at radius 3 is 2.08 bits per heavy atom. The summed E-state index contributed by atoms with van der Waals surface area (Å²) in [5, 5.41) is 2.86. The van der Waals surface area contributed by atoms with E-state index in [0.717, 1.165) is 10.6 Å². The summed E-state index contributed by atoms with van der Waals surface area (Å²) in [5.41, 5.74) is 0.839. The lowest BCUT2D eigenvalue weighted by atomic mass is 10.0. The van der Waals surface area contributed by atoms with E-state index in [9.17, 15) is 21.6 Å². The third-order valence-corrected chi connectivity index (χ3v) is 8.63. The first-order valence-electron chi connectivity index (χ1n) is 11.4. The van der Waals surface area contributed by atoms with Crippen LogP contribution in [0, 0.1) is 0 Å². The molecule has 0 spiro atoms. The average Bonchev–Trinajstić information content (AvgIpc) is 2.90. The number of nitrogens with zero attached hydrogens (tertiary/aromatic N) is 1. The molecule has 0 fully saturated rings. The monoisotopic (exact) mass is 546 g/mol. The van der Waals surface area contributed by atoms with Gasteiger partial charge >= 0.3 is 0 Å². The van der Waals surface area contributed by atoms with Gasteiger partial charge in [0.1, 0.15) is 18.0 Å². The lowest BCUT2D eigenvalue weighted by molar-refractivity contribution is -0.120. The standard InChI is InChI=1S/C26H30N2O7S2/c1-5-23(19-11-14-21(15-12-19)36(4,30)31)27-26(29)18-28(37(32,33)22-9-7-6-8-10-22)24-17-20(34-2)13-16-25(24)35-3/h6-17,23H,5,18H2,1-4H3,(H,27,29). The number of rotatable bonds is 11. The second-order valence-electron chi connectivity index (χ2n) is 8.23. The molecule has 37 heavy (non-hydrogen) atoms. The molecule has 198 valence electrons. The predicted molar refractivity (Wildman–Crippen MR) is 141 cm³/mol. The largest absolute Gasteiger partial charge is 0.497 e. The molecule has 0 aliphatic carbocycles. The Kier molecular flexibility index (Phi) is 8.82. The van der Waals surface area contributed by atoms with Crippen LogP contribution in [0.15, 0.2) is 82.6 Å². The Balaban J connectivity index is 1.97. The van der Waals surface area contributed by atoms with Gasteiger partial charge in [0.15, 0.2) is 9.84 Å². The van der Waals surface area contributed by atoms with E-state index in [2.05, 4.69) is 5.32 Å². The quantitative estimate of drug-likeness (QED) is 0.391. The van der Waals surface area contributed by atoms with Crippen LogP contribution in [0.4, 0.5) is 5.69 Å². The summed E-state index contributed by atoms with van der Waals surface area (Å²) in [7, 11) is -4.66. The molecule has 0 bridgehead atoms. The molecule has 11 heteroatoms. The Hall–Kier alpha value is -3.57. The van der Waals surface area contributed by atoms with Crippen molar-refractivity contribution >= 4 is 31.5 Å². The third-order valence-electron chi connectivity index (χ3n) is 5.73. The van der Waals surface area contributed by atoms with Crippen LogP contribution in [-0.2, 0) is 24.7 Å². The molecule has 1 atom stereocenters. The lowest BCUT2D eigenvalue weighted by Gasteiger charge is -2.27. The van der Waals surface area contributed by atoms with Gasteiger partial charge in [-0.05, 0) is 48.4 Å². The number of carbonyl (C=O) groups is 1. The first kappa shape index (κ1) is 28.0. The van der Waals surface area contributed by atoms with E-state index < -0.39 is 38.4 Å². The van der Waals surface area contributed by atoms with Crippen molar-refractivity contribution in [3.05, 3.63) is 78.4 Å². The van der Waals surface area contributed by atoms with Gasteiger partial charge in [-0.1, -0.05) is 37.3 Å². The van der Waals surface area contributed by atoms with E-state index in [-0.39, 0.29) is 21.2 Å². The maximum atomic E-state index is 13.7. The summed E-state index contributed by atoms with van der Waals surface area (Å²) in [4.78, 5) is 13.4. The molecule has 0 aliphatic heterocycles. The highest BCUT2D eigenvalue weighted by atomic mass is 32.2. The highest BCUT2D eigenvalue weighted by molar-refractivity contribution is 7.93. The second-order valence-corrected chi connectivity index (χ2v) is 12.1. The van der Waals surface area contributed by atoms with Crippen molar-refractivity contribution < 1.29 is 31.1 Å². The van der Waals surface area contributed by atoms with Gasteiger partial charge in [-0.2, -0.15) is 0 Å². The first-order valence-corrected chi connectivity index (χ1v) is 14.7. The minimum absolute atomic E-state index is 0.0103. The fourth-order valence-corrected chi connectivity index (χ4v) is 5.82. The van der Waals surface area contributed by atoms with E-state index in [4.69, 9.17) is 9.47 Å². The van der Waals surface area contributed by atoms with Crippen LogP contribution in [0.1, 0.15) is 24.9 Å². The minimum Gasteiger partial charge on any atom is -0.497 e. The van der Waals surface area contributed by atoms with E-state index in [0.29, 0.717) is 17.7 Å². The SMILES string of the molecule is CCC(NC(=O)CN(c1cc(OC)ccc1OC)S(=O)(=O)c1ccccc1)c1ccc(S(C)(=O)=O)cc1. The molecule has 0 heterocycles. The molecule has 1 unspecified atom stereocenters. The van der Waals surface area contributed by atoms with Crippen molar-refractivity contribution in [1.29, 1.82) is 0 Å². The van der Waals surface area contributed by atoms with E-state index >= 15 is 0 Å². The Labute approximate surface area is 218 Å². The van der Waals surface area contributed by atoms with Gasteiger partial charge in [0.2, 0.25) is 5.91 Å². The van der Waals surface area contributed by atoms with Crippen LogP contribution in [0.3, 0.4) is 0 Å². The number of amides is 1. The number of hydrogen-bond acceptors (Lipinski definition) is 7. The molecule has 0 aromatic heterocycles. The molecular formula is C26H30N2O7S2. The highest BCUT2D eigenvalue weighted by Crippen LogP contribution is 2.35. The van der Waals surface area contributed by atoms with Gasteiger partial charge in [-0.15, -0.1) is 0 Å². The number of anilines is 1. The topological polar surface area (TPSA) is 119 Å². The van der Waals surface area contributed by atoms with Gasteiger partial charge < -0.3 is 14.8 Å². The zero-order valence-corrected chi connectivity index (χ0v) is 22.7. The van der Waals surface area contributed by atoms with Crippen molar-refractivity contribution in [3.8, 4) is 11.5 Å². The van der Waals surface area contributed by atoms with E-state index in [1.165, 1.54) is 44.6 Å². The molecule has 0 radical (unpaired) electrons. The van der Waals surface area contributed by atoms with Crippen LogP contribution in [0.25, 0.3) is 0 Å². The van der Waals surface area contributed by atoms with Gasteiger partial charge in [0.25, 0.3) is 10.0 Å². The van der Waals surface area contributed by atoms with Crippen LogP contribution < -0.4 is 19.1 Å². The van der Waals surface area contributed by atoms with E-state index in [1.54, 1.807) is 42.5 Å². The van der Waals surface area contributed by atoms with Crippen LogP contribution in [0.5, 0.6) is 11.5 Å². The molecule has 0 aliphatic rings. The van der Waals surface area contributed by atoms with Crippen molar-refractivity contribution in [2.75, 3.05) is 31.3 Å². The number of ether oxygens (including phenoxy) is 2. The van der Waals surface area contributed by atoms with Crippen molar-refractivity contribution in [3.63, 3.8) is 0 Å². The van der Waals surface area contributed by atoms with Crippen molar-refractivity contribution in [1.82, 2.24) is 5.32 Å². The summed E-state index contributed by atoms with van der Waals surface area (Å²) in [6.07, 6.45) is 1.62. The molecule has 3 aromatic carbocycles. The summed E-state index contributed by atoms with van der Waals surface area (Å²) in [6, 6.07) is 18.2. The number of benzene rings is 3. The van der Waals surface area contributed by atoms with Gasteiger partial charge in [-0.25, -0.2) is 16.8 Å². The summed E-state index contributed by atoms with van der Waals surface area (Å²) < 4.78 is 62.6. The minimum atomic E-state index is -4.17. The zero-order valence-electron chi connectivity index (χ0n) is 21.0. The average molecular weight is 547 g/mol. The smallest absolute Gasteiger partial charge is 0.264 e. The third kappa shape index (κ3) is 6.60. The Morgan fingerprint density at radius 1 is 0.892 bits per heavy atom. The van der Waals surface area contributed by atoms with Crippen LogP contribution in [-0.4, -0.2) is 49.8 Å². The molecule has 0 saturated heterocycles. The van der Waals surface area contributed by atoms with Crippen LogP contribution >= 0.6 is 0 Å². The normalized spacial score (nSPS) is 12.4.